The van der Waals surface area contributed by atoms with Crippen LogP contribution in [-0.2, 0) is 0 Å². The van der Waals surface area contributed by atoms with E-state index in [0.29, 0.717) is 0 Å². The van der Waals surface area contributed by atoms with Crippen LogP contribution in [0.1, 0.15) is 12.8 Å². The number of para-hydroxylation sites is 1. The van der Waals surface area contributed by atoms with Crippen LogP contribution in [0.3, 0.4) is 0 Å². The van der Waals surface area contributed by atoms with Crippen molar-refractivity contribution in [2.24, 2.45) is 5.92 Å². The molecule has 16 heavy (non-hydrogen) atoms. The zero-order chi connectivity index (χ0) is 11.4. The van der Waals surface area contributed by atoms with Gasteiger partial charge in [-0.05, 0) is 59.9 Å². The van der Waals surface area contributed by atoms with E-state index in [1.165, 1.54) is 29.5 Å². The van der Waals surface area contributed by atoms with Crippen molar-refractivity contribution in [1.82, 2.24) is 5.32 Å². The molecule has 1 heterocycles. The summed E-state index contributed by atoms with van der Waals surface area (Å²) in [6.45, 7) is 3.49. The molecule has 1 fully saturated rings. The zero-order valence-corrected chi connectivity index (χ0v) is 11.3. The molecule has 0 bridgehead atoms. The number of hydrogen-bond donors (Lipinski definition) is 1. The summed E-state index contributed by atoms with van der Waals surface area (Å²) in [6.07, 6.45) is 2.66. The van der Waals surface area contributed by atoms with Gasteiger partial charge in [-0.2, -0.15) is 0 Å². The van der Waals surface area contributed by atoms with Gasteiger partial charge in [-0.1, -0.05) is 12.1 Å². The molecule has 88 valence electrons. The Bertz CT molecular complexity index is 334. The van der Waals surface area contributed by atoms with Gasteiger partial charge in [0.1, 0.15) is 0 Å². The van der Waals surface area contributed by atoms with Gasteiger partial charge in [-0.3, -0.25) is 0 Å². The van der Waals surface area contributed by atoms with Crippen LogP contribution in [0.4, 0.5) is 5.69 Å². The van der Waals surface area contributed by atoms with Crippen molar-refractivity contribution >= 4 is 21.6 Å². The van der Waals surface area contributed by atoms with Gasteiger partial charge in [0.25, 0.3) is 0 Å². The van der Waals surface area contributed by atoms with Gasteiger partial charge in [0.15, 0.2) is 0 Å². The van der Waals surface area contributed by atoms with Crippen molar-refractivity contribution in [2.45, 2.75) is 12.8 Å². The van der Waals surface area contributed by atoms with Crippen LogP contribution >= 0.6 is 15.9 Å². The van der Waals surface area contributed by atoms with Gasteiger partial charge in [0.2, 0.25) is 0 Å². The average Bonchev–Trinajstić information content (AvgIpc) is 2.31. The first-order chi connectivity index (χ1) is 7.77. The largest absolute Gasteiger partial charge is 0.373 e. The molecule has 0 saturated carbocycles. The fraction of sp³-hybridized carbons (Fsp3) is 0.538. The molecule has 1 aromatic rings. The van der Waals surface area contributed by atoms with Crippen molar-refractivity contribution in [3.63, 3.8) is 0 Å². The Balaban J connectivity index is 1.96. The molecule has 1 aliphatic rings. The maximum absolute atomic E-state index is 3.60. The summed E-state index contributed by atoms with van der Waals surface area (Å²) in [5.74, 6) is 0.783. The fourth-order valence-electron chi connectivity index (χ4n) is 2.33. The van der Waals surface area contributed by atoms with Gasteiger partial charge >= 0.3 is 0 Å². The van der Waals surface area contributed by atoms with E-state index in [0.717, 1.165) is 19.0 Å². The zero-order valence-electron chi connectivity index (χ0n) is 9.75. The molecule has 0 aliphatic carbocycles. The Hall–Kier alpha value is -0.540. The lowest BCUT2D eigenvalue weighted by Gasteiger charge is -2.29. The highest BCUT2D eigenvalue weighted by molar-refractivity contribution is 9.10. The van der Waals surface area contributed by atoms with Crippen LogP contribution in [0.2, 0.25) is 0 Å². The van der Waals surface area contributed by atoms with E-state index in [2.05, 4.69) is 57.5 Å². The standard InChI is InChI=1S/C13H19BrN2/c1-16(10-11-5-4-8-15-9-11)13-7-3-2-6-12(13)14/h2-3,6-7,11,15H,4-5,8-10H2,1H3. The van der Waals surface area contributed by atoms with E-state index in [1.54, 1.807) is 0 Å². The quantitative estimate of drug-likeness (QED) is 0.917. The Kier molecular flexibility index (Phi) is 4.24. The SMILES string of the molecule is CN(CC1CCCNC1)c1ccccc1Br. The molecule has 0 spiro atoms. The van der Waals surface area contributed by atoms with Gasteiger partial charge in [0.05, 0.1) is 5.69 Å². The topological polar surface area (TPSA) is 15.3 Å². The number of hydrogen-bond acceptors (Lipinski definition) is 2. The molecular formula is C13H19BrN2. The highest BCUT2D eigenvalue weighted by Crippen LogP contribution is 2.26. The maximum Gasteiger partial charge on any atom is 0.0508 e. The first-order valence-corrected chi connectivity index (χ1v) is 6.73. The number of nitrogens with one attached hydrogen (secondary N) is 1. The molecule has 1 N–H and O–H groups in total. The fourth-order valence-corrected chi connectivity index (χ4v) is 2.91. The van der Waals surface area contributed by atoms with Crippen molar-refractivity contribution < 1.29 is 0 Å². The second-order valence-corrected chi connectivity index (χ2v) is 5.40. The number of rotatable bonds is 3. The smallest absolute Gasteiger partial charge is 0.0508 e. The third-order valence-electron chi connectivity index (χ3n) is 3.19. The second kappa shape index (κ2) is 5.69. The van der Waals surface area contributed by atoms with Crippen molar-refractivity contribution in [3.8, 4) is 0 Å². The molecule has 3 heteroatoms. The molecule has 2 rings (SSSR count). The third-order valence-corrected chi connectivity index (χ3v) is 3.87. The minimum Gasteiger partial charge on any atom is -0.373 e. The van der Waals surface area contributed by atoms with Crippen LogP contribution in [-0.4, -0.2) is 26.7 Å². The number of piperidine rings is 1. The minimum absolute atomic E-state index is 0.783. The van der Waals surface area contributed by atoms with Crippen LogP contribution in [0.25, 0.3) is 0 Å². The third kappa shape index (κ3) is 2.98. The average molecular weight is 283 g/mol. The van der Waals surface area contributed by atoms with E-state index >= 15 is 0 Å². The normalized spacial score (nSPS) is 20.8. The van der Waals surface area contributed by atoms with Crippen molar-refractivity contribution in [2.75, 3.05) is 31.6 Å². The van der Waals surface area contributed by atoms with E-state index in [9.17, 15) is 0 Å². The van der Waals surface area contributed by atoms with Crippen LogP contribution in [0, 0.1) is 5.92 Å². The summed E-state index contributed by atoms with van der Waals surface area (Å²) in [4.78, 5) is 2.35. The summed E-state index contributed by atoms with van der Waals surface area (Å²) in [5.41, 5.74) is 1.29. The molecular weight excluding hydrogens is 264 g/mol. The number of nitrogens with zero attached hydrogens (tertiary/aromatic N) is 1. The van der Waals surface area contributed by atoms with Crippen molar-refractivity contribution in [1.29, 1.82) is 0 Å². The van der Waals surface area contributed by atoms with Gasteiger partial charge in [0, 0.05) is 18.1 Å². The van der Waals surface area contributed by atoms with E-state index in [-0.39, 0.29) is 0 Å². The molecule has 1 atom stereocenters. The van der Waals surface area contributed by atoms with Gasteiger partial charge < -0.3 is 10.2 Å². The molecule has 1 saturated heterocycles. The monoisotopic (exact) mass is 282 g/mol. The molecule has 1 aromatic carbocycles. The first kappa shape index (κ1) is 11.9. The maximum atomic E-state index is 3.60. The lowest BCUT2D eigenvalue weighted by atomic mass is 9.99. The summed E-state index contributed by atoms with van der Waals surface area (Å²) >= 11 is 3.60. The molecule has 0 aromatic heterocycles. The summed E-state index contributed by atoms with van der Waals surface area (Å²) in [5, 5.41) is 3.47. The number of benzene rings is 1. The molecule has 1 unspecified atom stereocenters. The Morgan fingerprint density at radius 1 is 1.44 bits per heavy atom. The lowest BCUT2D eigenvalue weighted by molar-refractivity contribution is 0.381. The summed E-state index contributed by atoms with van der Waals surface area (Å²) in [7, 11) is 2.18. The Labute approximate surface area is 106 Å². The number of anilines is 1. The van der Waals surface area contributed by atoms with E-state index in [1.807, 2.05) is 0 Å². The van der Waals surface area contributed by atoms with Crippen LogP contribution in [0.5, 0.6) is 0 Å². The Morgan fingerprint density at radius 2 is 2.25 bits per heavy atom. The predicted molar refractivity (Wildman–Crippen MR) is 73.0 cm³/mol. The molecule has 2 nitrogen and oxygen atoms in total. The van der Waals surface area contributed by atoms with E-state index < -0.39 is 0 Å². The molecule has 0 amide bonds. The van der Waals surface area contributed by atoms with Crippen molar-refractivity contribution in [3.05, 3.63) is 28.7 Å². The number of halogens is 1. The van der Waals surface area contributed by atoms with Crippen LogP contribution < -0.4 is 10.2 Å². The van der Waals surface area contributed by atoms with Gasteiger partial charge in [-0.25, -0.2) is 0 Å². The predicted octanol–water partition coefficient (Wildman–Crippen LogP) is 2.88. The molecule has 0 radical (unpaired) electrons. The molecule has 1 aliphatic heterocycles. The van der Waals surface area contributed by atoms with Crippen LogP contribution in [0.15, 0.2) is 28.7 Å². The summed E-state index contributed by atoms with van der Waals surface area (Å²) in [6, 6.07) is 8.42. The van der Waals surface area contributed by atoms with E-state index in [4.69, 9.17) is 0 Å². The summed E-state index contributed by atoms with van der Waals surface area (Å²) < 4.78 is 1.18. The lowest BCUT2D eigenvalue weighted by Crippen LogP contribution is -2.36. The highest BCUT2D eigenvalue weighted by atomic mass is 79.9. The second-order valence-electron chi connectivity index (χ2n) is 4.54. The Morgan fingerprint density at radius 3 is 2.94 bits per heavy atom. The first-order valence-electron chi connectivity index (χ1n) is 5.94. The highest BCUT2D eigenvalue weighted by Gasteiger charge is 2.15. The minimum atomic E-state index is 0.783. The van der Waals surface area contributed by atoms with Gasteiger partial charge in [-0.15, -0.1) is 0 Å².